The van der Waals surface area contributed by atoms with Crippen LogP contribution in [0.5, 0.6) is 5.75 Å². The summed E-state index contributed by atoms with van der Waals surface area (Å²) in [6.45, 7) is 0.852. The molecule has 0 saturated heterocycles. The number of ether oxygens (including phenoxy) is 1. The van der Waals surface area contributed by atoms with Gasteiger partial charge in [0.2, 0.25) is 0 Å². The molecule has 21 heavy (non-hydrogen) atoms. The van der Waals surface area contributed by atoms with Crippen LogP contribution >= 0.6 is 11.6 Å². The van der Waals surface area contributed by atoms with E-state index < -0.39 is 0 Å². The molecule has 2 aromatic carbocycles. The molecular weight excluding hydrogens is 280 g/mol. The molecule has 0 unspecified atom stereocenters. The van der Waals surface area contributed by atoms with Crippen molar-refractivity contribution in [1.82, 2.24) is 0 Å². The number of alkyl halides is 1. The number of rotatable bonds is 3. The predicted octanol–water partition coefficient (Wildman–Crippen LogP) is 5.00. The van der Waals surface area contributed by atoms with Gasteiger partial charge in [-0.1, -0.05) is 36.8 Å². The number of hydrogen-bond donors (Lipinski definition) is 0. The van der Waals surface area contributed by atoms with E-state index in [0.717, 1.165) is 23.8 Å². The number of hydrogen-bond acceptors (Lipinski definition) is 1. The van der Waals surface area contributed by atoms with Gasteiger partial charge in [-0.25, -0.2) is 0 Å². The van der Waals surface area contributed by atoms with Gasteiger partial charge in [-0.2, -0.15) is 0 Å². The van der Waals surface area contributed by atoms with E-state index in [2.05, 4.69) is 42.2 Å². The Labute approximate surface area is 131 Å². The van der Waals surface area contributed by atoms with Gasteiger partial charge in [-0.3, -0.25) is 0 Å². The molecule has 0 heterocycles. The Morgan fingerprint density at radius 3 is 2.62 bits per heavy atom. The molecule has 108 valence electrons. The molecule has 0 bridgehead atoms. The van der Waals surface area contributed by atoms with Crippen molar-refractivity contribution in [2.75, 3.05) is 12.5 Å². The van der Waals surface area contributed by atoms with Crippen LogP contribution < -0.4 is 4.74 Å². The summed E-state index contributed by atoms with van der Waals surface area (Å²) in [5.41, 5.74) is 1.00. The Balaban J connectivity index is 1.73. The molecule has 0 atom stereocenters. The highest BCUT2D eigenvalue weighted by atomic mass is 35.5. The fourth-order valence-electron chi connectivity index (χ4n) is 2.92. The Kier molecular flexibility index (Phi) is 4.68. The van der Waals surface area contributed by atoms with Crippen molar-refractivity contribution in [1.29, 1.82) is 0 Å². The van der Waals surface area contributed by atoms with Gasteiger partial charge in [0.05, 0.1) is 12.5 Å². The van der Waals surface area contributed by atoms with Crippen LogP contribution in [0.3, 0.4) is 0 Å². The van der Waals surface area contributed by atoms with Crippen LogP contribution in [0.4, 0.5) is 0 Å². The average molecular weight is 299 g/mol. The van der Waals surface area contributed by atoms with Gasteiger partial charge in [-0.05, 0) is 53.8 Å². The quantitative estimate of drug-likeness (QED) is 0.572. The molecule has 1 saturated carbocycles. The lowest BCUT2D eigenvalue weighted by Crippen LogP contribution is -2.07. The van der Waals surface area contributed by atoms with Gasteiger partial charge >= 0.3 is 0 Å². The SMILES string of the molecule is ClCC#Cc1ccc2cc(OCC3CCCC3)ccc2c1. The van der Waals surface area contributed by atoms with E-state index >= 15 is 0 Å². The Hall–Kier alpha value is -1.65. The van der Waals surface area contributed by atoms with Crippen molar-refractivity contribution in [2.45, 2.75) is 25.7 Å². The summed E-state index contributed by atoms with van der Waals surface area (Å²) >= 11 is 5.59. The van der Waals surface area contributed by atoms with Crippen molar-refractivity contribution in [3.05, 3.63) is 42.0 Å². The molecule has 1 aliphatic carbocycles. The largest absolute Gasteiger partial charge is 0.493 e. The van der Waals surface area contributed by atoms with Gasteiger partial charge in [-0.15, -0.1) is 11.6 Å². The fraction of sp³-hybridized carbons (Fsp3) is 0.368. The summed E-state index contributed by atoms with van der Waals surface area (Å²) in [7, 11) is 0. The summed E-state index contributed by atoms with van der Waals surface area (Å²) in [6.07, 6.45) is 5.35. The number of benzene rings is 2. The summed E-state index contributed by atoms with van der Waals surface area (Å²) in [4.78, 5) is 0. The lowest BCUT2D eigenvalue weighted by Gasteiger charge is -2.12. The summed E-state index contributed by atoms with van der Waals surface area (Å²) in [6, 6.07) is 12.5. The van der Waals surface area contributed by atoms with Gasteiger partial charge in [0.1, 0.15) is 5.75 Å². The molecule has 1 aliphatic rings. The lowest BCUT2D eigenvalue weighted by atomic mass is 10.1. The zero-order chi connectivity index (χ0) is 14.5. The second-order valence-electron chi connectivity index (χ2n) is 5.62. The smallest absolute Gasteiger partial charge is 0.119 e. The molecular formula is C19H19ClO. The van der Waals surface area contributed by atoms with E-state index in [1.54, 1.807) is 0 Å². The maximum Gasteiger partial charge on any atom is 0.119 e. The molecule has 1 fully saturated rings. The number of halogens is 1. The van der Waals surface area contributed by atoms with Crippen molar-refractivity contribution >= 4 is 22.4 Å². The van der Waals surface area contributed by atoms with Crippen molar-refractivity contribution in [3.8, 4) is 17.6 Å². The van der Waals surface area contributed by atoms with Gasteiger partial charge in [0.25, 0.3) is 0 Å². The first-order valence-corrected chi connectivity index (χ1v) is 8.10. The number of fused-ring (bicyclic) bond motifs is 1. The minimum absolute atomic E-state index is 0.367. The lowest BCUT2D eigenvalue weighted by molar-refractivity contribution is 0.252. The molecule has 0 radical (unpaired) electrons. The second kappa shape index (κ2) is 6.87. The van der Waals surface area contributed by atoms with Crippen molar-refractivity contribution in [3.63, 3.8) is 0 Å². The first-order chi connectivity index (χ1) is 10.3. The third kappa shape index (κ3) is 3.71. The molecule has 0 N–H and O–H groups in total. The van der Waals surface area contributed by atoms with Crippen LogP contribution in [-0.2, 0) is 0 Å². The standard InChI is InChI=1S/C19H19ClO/c20-11-3-6-15-7-8-18-13-19(10-9-17(18)12-15)21-14-16-4-1-2-5-16/h7-10,12-13,16H,1-2,4-5,11,14H2. The van der Waals surface area contributed by atoms with E-state index in [-0.39, 0.29) is 0 Å². The van der Waals surface area contributed by atoms with Crippen LogP contribution in [-0.4, -0.2) is 12.5 Å². The van der Waals surface area contributed by atoms with Crippen LogP contribution in [0, 0.1) is 17.8 Å². The highest BCUT2D eigenvalue weighted by Gasteiger charge is 2.15. The van der Waals surface area contributed by atoms with E-state index in [1.807, 2.05) is 6.07 Å². The molecule has 2 aromatic rings. The van der Waals surface area contributed by atoms with E-state index in [1.165, 1.54) is 36.5 Å². The zero-order valence-corrected chi connectivity index (χ0v) is 12.8. The fourth-order valence-corrected chi connectivity index (χ4v) is 2.98. The van der Waals surface area contributed by atoms with E-state index in [4.69, 9.17) is 16.3 Å². The Morgan fingerprint density at radius 1 is 1.05 bits per heavy atom. The van der Waals surface area contributed by atoms with Crippen LogP contribution in [0.15, 0.2) is 36.4 Å². The first-order valence-electron chi connectivity index (χ1n) is 7.56. The third-order valence-corrected chi connectivity index (χ3v) is 4.21. The van der Waals surface area contributed by atoms with Gasteiger partial charge < -0.3 is 4.74 Å². The Morgan fingerprint density at radius 2 is 1.81 bits per heavy atom. The molecule has 0 aliphatic heterocycles. The summed E-state index contributed by atoms with van der Waals surface area (Å²) < 4.78 is 5.95. The van der Waals surface area contributed by atoms with Crippen LogP contribution in [0.25, 0.3) is 10.8 Å². The molecule has 1 nitrogen and oxygen atoms in total. The molecule has 0 amide bonds. The molecule has 0 spiro atoms. The van der Waals surface area contributed by atoms with Gasteiger partial charge in [0.15, 0.2) is 0 Å². The van der Waals surface area contributed by atoms with Crippen molar-refractivity contribution < 1.29 is 4.74 Å². The molecule has 2 heteroatoms. The minimum atomic E-state index is 0.367. The predicted molar refractivity (Wildman–Crippen MR) is 89.0 cm³/mol. The maximum atomic E-state index is 5.95. The van der Waals surface area contributed by atoms with E-state index in [0.29, 0.717) is 5.88 Å². The summed E-state index contributed by atoms with van der Waals surface area (Å²) in [5, 5.41) is 2.37. The first kappa shape index (κ1) is 14.3. The van der Waals surface area contributed by atoms with Gasteiger partial charge in [0, 0.05) is 5.56 Å². The van der Waals surface area contributed by atoms with Crippen LogP contribution in [0.1, 0.15) is 31.2 Å². The second-order valence-corrected chi connectivity index (χ2v) is 5.89. The molecule has 3 rings (SSSR count). The highest BCUT2D eigenvalue weighted by Crippen LogP contribution is 2.27. The normalized spacial score (nSPS) is 14.9. The zero-order valence-electron chi connectivity index (χ0n) is 12.1. The third-order valence-electron chi connectivity index (χ3n) is 4.07. The van der Waals surface area contributed by atoms with Crippen LogP contribution in [0.2, 0.25) is 0 Å². The highest BCUT2D eigenvalue weighted by molar-refractivity contribution is 6.19. The summed E-state index contributed by atoms with van der Waals surface area (Å²) in [5.74, 6) is 8.01. The maximum absolute atomic E-state index is 5.95. The van der Waals surface area contributed by atoms with Crippen molar-refractivity contribution in [2.24, 2.45) is 5.92 Å². The molecule has 0 aromatic heterocycles. The topological polar surface area (TPSA) is 9.23 Å². The van der Waals surface area contributed by atoms with E-state index in [9.17, 15) is 0 Å². The Bertz CT molecular complexity index is 675. The minimum Gasteiger partial charge on any atom is -0.493 e. The monoisotopic (exact) mass is 298 g/mol. The average Bonchev–Trinajstić information content (AvgIpc) is 3.04.